The Bertz CT molecular complexity index is 501. The molecule has 1 heterocycles. The van der Waals surface area contributed by atoms with Crippen LogP contribution in [0.1, 0.15) is 5.56 Å². The van der Waals surface area contributed by atoms with E-state index in [-0.39, 0.29) is 12.2 Å². The number of halogens is 1. The fraction of sp³-hybridized carbons (Fsp3) is 0.167. The van der Waals surface area contributed by atoms with Crippen molar-refractivity contribution in [3.05, 3.63) is 47.7 Å². The van der Waals surface area contributed by atoms with Crippen molar-refractivity contribution < 1.29 is 14.6 Å². The molecular weight excluding hydrogens is 256 g/mol. The number of alkyl halides is 1. The number of hydrogen-bond donors (Lipinski definition) is 2. The summed E-state index contributed by atoms with van der Waals surface area (Å²) in [5.74, 6) is -1.08. The van der Waals surface area contributed by atoms with Gasteiger partial charge in [0.15, 0.2) is 0 Å². The lowest BCUT2D eigenvalue weighted by molar-refractivity contribution is -0.132. The largest absolute Gasteiger partial charge is 0.478 e. The van der Waals surface area contributed by atoms with E-state index in [0.29, 0.717) is 0 Å². The molecule has 5 nitrogen and oxygen atoms in total. The van der Waals surface area contributed by atoms with Gasteiger partial charge in [-0.2, -0.15) is 0 Å². The van der Waals surface area contributed by atoms with Crippen molar-refractivity contribution in [3.8, 4) is 0 Å². The zero-order valence-electron chi connectivity index (χ0n) is 9.34. The van der Waals surface area contributed by atoms with Crippen molar-refractivity contribution in [2.45, 2.75) is 11.9 Å². The van der Waals surface area contributed by atoms with E-state index < -0.39 is 11.3 Å². The van der Waals surface area contributed by atoms with Crippen molar-refractivity contribution in [1.82, 2.24) is 5.32 Å². The molecule has 1 aromatic carbocycles. The quantitative estimate of drug-likeness (QED) is 0.643. The number of nitrogens with one attached hydrogen (secondary N) is 1. The van der Waals surface area contributed by atoms with Crippen LogP contribution in [0.15, 0.2) is 47.1 Å². The molecule has 6 heteroatoms. The molecule has 0 bridgehead atoms. The molecule has 18 heavy (non-hydrogen) atoms. The van der Waals surface area contributed by atoms with Crippen LogP contribution in [0.5, 0.6) is 0 Å². The number of ether oxygens (including phenoxy) is 1. The predicted octanol–water partition coefficient (Wildman–Crippen LogP) is 1.70. The zero-order valence-corrected chi connectivity index (χ0v) is 10.1. The van der Waals surface area contributed by atoms with Crippen LogP contribution in [0.3, 0.4) is 0 Å². The molecular formula is C12H11ClN2O3. The third-order valence-electron chi connectivity index (χ3n) is 2.30. The lowest BCUT2D eigenvalue weighted by Gasteiger charge is -2.25. The van der Waals surface area contributed by atoms with Gasteiger partial charge in [0.1, 0.15) is 0 Å². The Kier molecular flexibility index (Phi) is 3.64. The van der Waals surface area contributed by atoms with E-state index in [1.807, 2.05) is 30.3 Å². The Morgan fingerprint density at radius 3 is 2.72 bits per heavy atom. The van der Waals surface area contributed by atoms with Crippen LogP contribution < -0.4 is 5.32 Å². The molecule has 0 fully saturated rings. The van der Waals surface area contributed by atoms with Gasteiger partial charge in [0.05, 0.1) is 12.2 Å². The fourth-order valence-electron chi connectivity index (χ4n) is 1.34. The van der Waals surface area contributed by atoms with Crippen molar-refractivity contribution in [2.75, 3.05) is 0 Å². The molecule has 0 amide bonds. The summed E-state index contributed by atoms with van der Waals surface area (Å²) in [6.07, 6.45) is 2.42. The first-order valence-corrected chi connectivity index (χ1v) is 5.60. The van der Waals surface area contributed by atoms with Gasteiger partial charge in [-0.1, -0.05) is 30.3 Å². The van der Waals surface area contributed by atoms with E-state index >= 15 is 0 Å². The van der Waals surface area contributed by atoms with Crippen molar-refractivity contribution in [3.63, 3.8) is 0 Å². The van der Waals surface area contributed by atoms with E-state index in [2.05, 4.69) is 10.3 Å². The van der Waals surface area contributed by atoms with Gasteiger partial charge in [-0.15, -0.1) is 0 Å². The summed E-state index contributed by atoms with van der Waals surface area (Å²) in [5, 5.41) is 9.88. The maximum atomic E-state index is 10.7. The second-order valence-corrected chi connectivity index (χ2v) is 4.16. The van der Waals surface area contributed by atoms with Crippen LogP contribution in [-0.4, -0.2) is 22.6 Å². The summed E-state index contributed by atoms with van der Waals surface area (Å²) in [7, 11) is 0. The zero-order chi connectivity index (χ0) is 13.0. The summed E-state index contributed by atoms with van der Waals surface area (Å²) in [6.45, 7) is 0.269. The average Bonchev–Trinajstić information content (AvgIpc) is 2.38. The van der Waals surface area contributed by atoms with Crippen LogP contribution >= 0.6 is 11.6 Å². The van der Waals surface area contributed by atoms with Crippen molar-refractivity contribution in [2.24, 2.45) is 4.99 Å². The number of rotatable bonds is 4. The molecule has 0 saturated carbocycles. The topological polar surface area (TPSA) is 70.9 Å². The molecule has 0 aliphatic carbocycles. The van der Waals surface area contributed by atoms with Gasteiger partial charge in [0, 0.05) is 12.4 Å². The molecule has 94 valence electrons. The summed E-state index contributed by atoms with van der Waals surface area (Å²) in [4.78, 5) is 14.5. The number of carboxylic acid groups (broad SMARTS) is 1. The monoisotopic (exact) mass is 266 g/mol. The summed E-state index contributed by atoms with van der Waals surface area (Å²) < 4.78 is 5.40. The van der Waals surface area contributed by atoms with E-state index in [1.165, 1.54) is 6.20 Å². The van der Waals surface area contributed by atoms with E-state index in [4.69, 9.17) is 21.4 Å². The minimum atomic E-state index is -1.45. The van der Waals surface area contributed by atoms with Gasteiger partial charge < -0.3 is 15.2 Å². The number of hydrogen-bond acceptors (Lipinski definition) is 4. The number of aliphatic imine (C=N–C) groups is 1. The minimum Gasteiger partial charge on any atom is -0.478 e. The highest BCUT2D eigenvalue weighted by Crippen LogP contribution is 2.20. The third-order valence-corrected chi connectivity index (χ3v) is 2.61. The second-order valence-electron chi connectivity index (χ2n) is 3.64. The van der Waals surface area contributed by atoms with Gasteiger partial charge >= 0.3 is 11.3 Å². The first-order chi connectivity index (χ1) is 8.59. The van der Waals surface area contributed by atoms with Crippen molar-refractivity contribution in [1.29, 1.82) is 0 Å². The highest BCUT2D eigenvalue weighted by Gasteiger charge is 2.28. The lowest BCUT2D eigenvalue weighted by Crippen LogP contribution is -2.40. The molecule has 0 radical (unpaired) electrons. The minimum absolute atomic E-state index is 0.0228. The Balaban J connectivity index is 1.95. The first kappa shape index (κ1) is 12.6. The maximum Gasteiger partial charge on any atom is 0.338 e. The Morgan fingerprint density at radius 2 is 2.17 bits per heavy atom. The SMILES string of the molecule is O=C(O)C1=CNC(Cl)(OCc2ccccc2)N=C1. The Hall–Kier alpha value is -1.85. The molecule has 1 unspecified atom stereocenters. The highest BCUT2D eigenvalue weighted by molar-refractivity contribution is 6.24. The van der Waals surface area contributed by atoms with Gasteiger partial charge in [0.25, 0.3) is 0 Å². The lowest BCUT2D eigenvalue weighted by atomic mass is 10.2. The van der Waals surface area contributed by atoms with Crippen LogP contribution in [-0.2, 0) is 16.1 Å². The number of carboxylic acids is 1. The maximum absolute atomic E-state index is 10.7. The fourth-order valence-corrected chi connectivity index (χ4v) is 1.50. The van der Waals surface area contributed by atoms with Gasteiger partial charge in [0.2, 0.25) is 0 Å². The van der Waals surface area contributed by atoms with Gasteiger partial charge in [-0.25, -0.2) is 9.79 Å². The molecule has 0 spiro atoms. The summed E-state index contributed by atoms with van der Waals surface area (Å²) >= 11 is 6.03. The van der Waals surface area contributed by atoms with Crippen LogP contribution in [0.4, 0.5) is 0 Å². The Labute approximate surface area is 109 Å². The van der Waals surface area contributed by atoms with Crippen LogP contribution in [0, 0.1) is 0 Å². The molecule has 1 aliphatic heterocycles. The molecule has 2 N–H and O–H groups in total. The second kappa shape index (κ2) is 5.20. The molecule has 1 aliphatic rings. The number of benzene rings is 1. The molecule has 0 saturated heterocycles. The standard InChI is InChI=1S/C12H11ClN2O3/c13-12(14-6-10(7-15-12)11(16)17)18-8-9-4-2-1-3-5-9/h1-7,14H,8H2,(H,16,17). The van der Waals surface area contributed by atoms with Gasteiger partial charge in [-0.3, -0.25) is 0 Å². The molecule has 0 aromatic heterocycles. The normalized spacial score (nSPS) is 22.2. The van der Waals surface area contributed by atoms with Crippen LogP contribution in [0.2, 0.25) is 0 Å². The highest BCUT2D eigenvalue weighted by atomic mass is 35.5. The van der Waals surface area contributed by atoms with E-state index in [0.717, 1.165) is 11.8 Å². The van der Waals surface area contributed by atoms with Gasteiger partial charge in [-0.05, 0) is 17.2 Å². The van der Waals surface area contributed by atoms with E-state index in [9.17, 15) is 4.79 Å². The third kappa shape index (κ3) is 3.09. The smallest absolute Gasteiger partial charge is 0.338 e. The number of aliphatic carboxylic acids is 1. The molecule has 1 atom stereocenters. The summed E-state index contributed by atoms with van der Waals surface area (Å²) in [6, 6.07) is 9.47. The number of carbonyl (C=O) groups is 1. The predicted molar refractivity (Wildman–Crippen MR) is 67.2 cm³/mol. The van der Waals surface area contributed by atoms with Crippen LogP contribution in [0.25, 0.3) is 0 Å². The number of nitrogens with zero attached hydrogens (tertiary/aromatic N) is 1. The molecule has 2 rings (SSSR count). The Morgan fingerprint density at radius 1 is 1.44 bits per heavy atom. The molecule has 1 aromatic rings. The summed E-state index contributed by atoms with van der Waals surface area (Å²) in [5.41, 5.74) is 0.970. The van der Waals surface area contributed by atoms with E-state index in [1.54, 1.807) is 0 Å². The first-order valence-electron chi connectivity index (χ1n) is 5.22. The average molecular weight is 267 g/mol. The van der Waals surface area contributed by atoms with Crippen molar-refractivity contribution >= 4 is 23.8 Å².